The molecule has 0 aliphatic carbocycles. The second-order valence-corrected chi connectivity index (χ2v) is 6.13. The Morgan fingerprint density at radius 1 is 1.48 bits per heavy atom. The number of carbonyl (C=O) groups is 1. The molecular formula is C17H20ClN3O2. The van der Waals surface area contributed by atoms with Crippen molar-refractivity contribution in [3.05, 3.63) is 41.0 Å². The van der Waals surface area contributed by atoms with Gasteiger partial charge in [-0.2, -0.15) is 5.10 Å². The number of amides is 1. The molecule has 1 aliphatic heterocycles. The molecule has 1 N–H and O–H groups in total. The third-order valence-corrected chi connectivity index (χ3v) is 4.31. The molecule has 1 fully saturated rings. The van der Waals surface area contributed by atoms with E-state index in [1.165, 1.54) is 0 Å². The largest absolute Gasteiger partial charge is 0.378 e. The molecule has 0 bridgehead atoms. The fourth-order valence-corrected chi connectivity index (χ4v) is 3.05. The number of carbonyl (C=O) groups excluding carboxylic acids is 1. The predicted octanol–water partition coefficient (Wildman–Crippen LogP) is 3.04. The summed E-state index contributed by atoms with van der Waals surface area (Å²) in [6.45, 7) is 1.43. The van der Waals surface area contributed by atoms with Crippen molar-refractivity contribution in [2.75, 3.05) is 13.2 Å². The Kier molecular flexibility index (Phi) is 4.98. The summed E-state index contributed by atoms with van der Waals surface area (Å²) in [6, 6.07) is 7.41. The van der Waals surface area contributed by atoms with Crippen molar-refractivity contribution in [1.29, 1.82) is 0 Å². The maximum absolute atomic E-state index is 12.5. The van der Waals surface area contributed by atoms with Crippen LogP contribution in [-0.2, 0) is 11.8 Å². The molecule has 23 heavy (non-hydrogen) atoms. The van der Waals surface area contributed by atoms with E-state index in [1.807, 2.05) is 18.2 Å². The molecule has 0 radical (unpaired) electrons. The number of benzene rings is 1. The third kappa shape index (κ3) is 3.74. The molecule has 1 aromatic carbocycles. The van der Waals surface area contributed by atoms with E-state index in [-0.39, 0.29) is 12.0 Å². The Morgan fingerprint density at radius 3 is 3.04 bits per heavy atom. The number of rotatable bonds is 5. The number of ether oxygens (including phenoxy) is 1. The van der Waals surface area contributed by atoms with Crippen molar-refractivity contribution < 1.29 is 9.53 Å². The molecule has 1 aliphatic rings. The first kappa shape index (κ1) is 16.0. The quantitative estimate of drug-likeness (QED) is 0.915. The zero-order valence-electron chi connectivity index (χ0n) is 13.1. The zero-order valence-corrected chi connectivity index (χ0v) is 13.8. The predicted molar refractivity (Wildman–Crippen MR) is 89.6 cm³/mol. The second kappa shape index (κ2) is 7.15. The Labute approximate surface area is 140 Å². The van der Waals surface area contributed by atoms with Gasteiger partial charge in [-0.25, -0.2) is 0 Å². The number of hydrogen-bond acceptors (Lipinski definition) is 3. The van der Waals surface area contributed by atoms with Crippen LogP contribution in [0, 0.1) is 0 Å². The molecule has 3 rings (SSSR count). The van der Waals surface area contributed by atoms with Crippen LogP contribution in [0.15, 0.2) is 30.5 Å². The van der Waals surface area contributed by atoms with Crippen molar-refractivity contribution in [2.24, 2.45) is 7.05 Å². The van der Waals surface area contributed by atoms with Crippen molar-refractivity contribution in [3.8, 4) is 11.3 Å². The molecule has 1 saturated heterocycles. The SMILES string of the molecule is Cn1cc(C(=O)NCCC2CCCO2)c(-c2ccccc2Cl)n1. The monoisotopic (exact) mass is 333 g/mol. The Balaban J connectivity index is 1.72. The molecule has 122 valence electrons. The number of halogens is 1. The lowest BCUT2D eigenvalue weighted by Crippen LogP contribution is -2.27. The van der Waals surface area contributed by atoms with E-state index in [2.05, 4.69) is 10.4 Å². The molecule has 6 heteroatoms. The fraction of sp³-hybridized carbons (Fsp3) is 0.412. The number of nitrogens with one attached hydrogen (secondary N) is 1. The molecule has 0 saturated carbocycles. The van der Waals surface area contributed by atoms with Crippen LogP contribution in [0.5, 0.6) is 0 Å². The highest BCUT2D eigenvalue weighted by atomic mass is 35.5. The van der Waals surface area contributed by atoms with Crippen LogP contribution in [0.4, 0.5) is 0 Å². The molecular weight excluding hydrogens is 314 g/mol. The first-order chi connectivity index (χ1) is 11.1. The lowest BCUT2D eigenvalue weighted by Gasteiger charge is -2.10. The molecule has 0 spiro atoms. The van der Waals surface area contributed by atoms with Crippen molar-refractivity contribution >= 4 is 17.5 Å². The van der Waals surface area contributed by atoms with Gasteiger partial charge in [0.1, 0.15) is 5.69 Å². The lowest BCUT2D eigenvalue weighted by molar-refractivity contribution is 0.0907. The molecule has 5 nitrogen and oxygen atoms in total. The van der Waals surface area contributed by atoms with Gasteiger partial charge in [0.2, 0.25) is 0 Å². The van der Waals surface area contributed by atoms with Crippen LogP contribution in [0.25, 0.3) is 11.3 Å². The van der Waals surface area contributed by atoms with Gasteiger partial charge in [-0.1, -0.05) is 29.8 Å². The zero-order chi connectivity index (χ0) is 16.2. The van der Waals surface area contributed by atoms with Crippen LogP contribution in [0.3, 0.4) is 0 Å². The van der Waals surface area contributed by atoms with Gasteiger partial charge < -0.3 is 10.1 Å². The van der Waals surface area contributed by atoms with Crippen molar-refractivity contribution in [3.63, 3.8) is 0 Å². The standard InChI is InChI=1S/C17H20ClN3O2/c1-21-11-14(16(20-21)13-6-2-3-7-15(13)18)17(22)19-9-8-12-5-4-10-23-12/h2-3,6-7,11-12H,4-5,8-10H2,1H3,(H,19,22). The number of aromatic nitrogens is 2. The minimum atomic E-state index is -0.133. The van der Waals surface area contributed by atoms with Crippen molar-refractivity contribution in [2.45, 2.75) is 25.4 Å². The van der Waals surface area contributed by atoms with Gasteiger partial charge in [-0.15, -0.1) is 0 Å². The summed E-state index contributed by atoms with van der Waals surface area (Å²) < 4.78 is 7.20. The Morgan fingerprint density at radius 2 is 2.30 bits per heavy atom. The normalized spacial score (nSPS) is 17.4. The fourth-order valence-electron chi connectivity index (χ4n) is 2.82. The summed E-state index contributed by atoms with van der Waals surface area (Å²) in [4.78, 5) is 12.5. The summed E-state index contributed by atoms with van der Waals surface area (Å²) in [6.07, 6.45) is 5.02. The van der Waals surface area contributed by atoms with Gasteiger partial charge >= 0.3 is 0 Å². The number of nitrogens with zero attached hydrogens (tertiary/aromatic N) is 2. The van der Waals surface area contributed by atoms with E-state index in [4.69, 9.17) is 16.3 Å². The molecule has 2 heterocycles. The van der Waals surface area contributed by atoms with Gasteiger partial charge in [0.15, 0.2) is 0 Å². The first-order valence-corrected chi connectivity index (χ1v) is 8.21. The lowest BCUT2D eigenvalue weighted by atomic mass is 10.1. The van der Waals surface area contributed by atoms with E-state index < -0.39 is 0 Å². The summed E-state index contributed by atoms with van der Waals surface area (Å²) in [5.41, 5.74) is 1.90. The van der Waals surface area contributed by atoms with Crippen LogP contribution >= 0.6 is 11.6 Å². The molecule has 1 atom stereocenters. The highest BCUT2D eigenvalue weighted by Gasteiger charge is 2.20. The summed E-state index contributed by atoms with van der Waals surface area (Å²) in [5.74, 6) is -0.133. The maximum Gasteiger partial charge on any atom is 0.255 e. The minimum absolute atomic E-state index is 0.133. The molecule has 1 amide bonds. The Bertz CT molecular complexity index is 693. The van der Waals surface area contributed by atoms with Crippen LogP contribution in [-0.4, -0.2) is 34.9 Å². The summed E-state index contributed by atoms with van der Waals surface area (Å²) >= 11 is 6.24. The average Bonchev–Trinajstić information content (AvgIpc) is 3.17. The van der Waals surface area contributed by atoms with E-state index >= 15 is 0 Å². The van der Waals surface area contributed by atoms with Crippen LogP contribution in [0.2, 0.25) is 5.02 Å². The minimum Gasteiger partial charge on any atom is -0.378 e. The maximum atomic E-state index is 12.5. The van der Waals surface area contributed by atoms with Crippen LogP contribution in [0.1, 0.15) is 29.6 Å². The van der Waals surface area contributed by atoms with Gasteiger partial charge in [-0.3, -0.25) is 9.48 Å². The third-order valence-electron chi connectivity index (χ3n) is 3.98. The summed E-state index contributed by atoms with van der Waals surface area (Å²) in [7, 11) is 1.80. The topological polar surface area (TPSA) is 56.2 Å². The summed E-state index contributed by atoms with van der Waals surface area (Å²) in [5, 5.41) is 7.93. The highest BCUT2D eigenvalue weighted by molar-refractivity contribution is 6.33. The molecule has 2 aromatic rings. The molecule has 1 unspecified atom stereocenters. The van der Waals surface area contributed by atoms with Crippen LogP contribution < -0.4 is 5.32 Å². The van der Waals surface area contributed by atoms with Crippen molar-refractivity contribution in [1.82, 2.24) is 15.1 Å². The van der Waals surface area contributed by atoms with Gasteiger partial charge in [-0.05, 0) is 25.3 Å². The average molecular weight is 334 g/mol. The smallest absolute Gasteiger partial charge is 0.255 e. The number of hydrogen-bond donors (Lipinski definition) is 1. The Hall–Kier alpha value is -1.85. The van der Waals surface area contributed by atoms with E-state index in [9.17, 15) is 4.79 Å². The van der Waals surface area contributed by atoms with E-state index in [1.54, 1.807) is 24.0 Å². The number of aryl methyl sites for hydroxylation is 1. The van der Waals surface area contributed by atoms with Gasteiger partial charge in [0, 0.05) is 32.0 Å². The van der Waals surface area contributed by atoms with E-state index in [0.29, 0.717) is 22.8 Å². The first-order valence-electron chi connectivity index (χ1n) is 7.83. The highest BCUT2D eigenvalue weighted by Crippen LogP contribution is 2.28. The second-order valence-electron chi connectivity index (χ2n) is 5.72. The van der Waals surface area contributed by atoms with Gasteiger partial charge in [0.05, 0.1) is 16.7 Å². The van der Waals surface area contributed by atoms with Gasteiger partial charge in [0.25, 0.3) is 5.91 Å². The molecule has 1 aromatic heterocycles. The van der Waals surface area contributed by atoms with E-state index in [0.717, 1.165) is 31.4 Å².